The zero-order valence-electron chi connectivity index (χ0n) is 12.1. The molecule has 1 N–H and O–H groups in total. The highest BCUT2D eigenvalue weighted by Gasteiger charge is 2.11. The van der Waals surface area contributed by atoms with Crippen LogP contribution in [0.15, 0.2) is 41.8 Å². The van der Waals surface area contributed by atoms with Crippen molar-refractivity contribution in [2.24, 2.45) is 0 Å². The van der Waals surface area contributed by atoms with Gasteiger partial charge in [-0.3, -0.25) is 4.79 Å². The van der Waals surface area contributed by atoms with Crippen molar-refractivity contribution in [3.63, 3.8) is 0 Å². The first-order valence-electron chi connectivity index (χ1n) is 7.04. The molecule has 1 heterocycles. The Morgan fingerprint density at radius 1 is 1.25 bits per heavy atom. The molecule has 1 amide bonds. The van der Waals surface area contributed by atoms with Crippen molar-refractivity contribution in [1.29, 1.82) is 0 Å². The summed E-state index contributed by atoms with van der Waals surface area (Å²) in [6.45, 7) is 4.12. The highest BCUT2D eigenvalue weighted by Crippen LogP contribution is 2.17. The fraction of sp³-hybridized carbons (Fsp3) is 0.353. The van der Waals surface area contributed by atoms with E-state index in [2.05, 4.69) is 41.9 Å². The topological polar surface area (TPSA) is 29.1 Å². The highest BCUT2D eigenvalue weighted by atomic mass is 32.1. The van der Waals surface area contributed by atoms with Crippen LogP contribution >= 0.6 is 11.3 Å². The Bertz CT molecular complexity index is 548. The van der Waals surface area contributed by atoms with E-state index >= 15 is 0 Å². The number of amides is 1. The van der Waals surface area contributed by atoms with Gasteiger partial charge in [-0.15, -0.1) is 11.3 Å². The Morgan fingerprint density at radius 3 is 2.75 bits per heavy atom. The van der Waals surface area contributed by atoms with Crippen LogP contribution in [0, 0.1) is 6.92 Å². The van der Waals surface area contributed by atoms with Gasteiger partial charge in [-0.05, 0) is 49.3 Å². The first kappa shape index (κ1) is 14.8. The number of aryl methyl sites for hydroxylation is 2. The zero-order valence-corrected chi connectivity index (χ0v) is 12.9. The van der Waals surface area contributed by atoms with E-state index in [1.54, 1.807) is 11.3 Å². The van der Waals surface area contributed by atoms with Crippen LogP contribution in [0.2, 0.25) is 0 Å². The number of benzene rings is 1. The number of carbonyl (C=O) groups is 1. The average molecular weight is 287 g/mol. The van der Waals surface area contributed by atoms with Crippen molar-refractivity contribution in [2.75, 3.05) is 0 Å². The molecule has 0 bridgehead atoms. The summed E-state index contributed by atoms with van der Waals surface area (Å²) in [6.07, 6.45) is 2.49. The molecule has 20 heavy (non-hydrogen) atoms. The number of carbonyl (C=O) groups excluding carboxylic acids is 1. The molecule has 106 valence electrons. The average Bonchev–Trinajstić information content (AvgIpc) is 2.92. The molecule has 2 nitrogen and oxygen atoms in total. The third kappa shape index (κ3) is 4.20. The molecule has 1 unspecified atom stereocenters. The summed E-state index contributed by atoms with van der Waals surface area (Å²) >= 11 is 1.76. The molecular weight excluding hydrogens is 266 g/mol. The molecule has 0 saturated heterocycles. The maximum atomic E-state index is 12.0. The summed E-state index contributed by atoms with van der Waals surface area (Å²) in [5.74, 6) is 0.136. The molecule has 0 aliphatic heterocycles. The third-order valence-corrected chi connectivity index (χ3v) is 4.38. The zero-order chi connectivity index (χ0) is 14.4. The summed E-state index contributed by atoms with van der Waals surface area (Å²) in [5, 5.41) is 5.16. The van der Waals surface area contributed by atoms with Crippen LogP contribution in [-0.4, -0.2) is 5.91 Å². The number of nitrogens with one attached hydrogen (secondary N) is 1. The first-order chi connectivity index (χ1) is 9.66. The summed E-state index contributed by atoms with van der Waals surface area (Å²) in [4.78, 5) is 13.3. The molecule has 0 aliphatic carbocycles. The van der Waals surface area contributed by atoms with E-state index in [9.17, 15) is 4.79 Å². The SMILES string of the molecule is Cc1ccccc1C(C)NC(=O)CCCc1cccs1. The smallest absolute Gasteiger partial charge is 0.220 e. The van der Waals surface area contributed by atoms with Crippen LogP contribution in [0.25, 0.3) is 0 Å². The molecule has 1 atom stereocenters. The van der Waals surface area contributed by atoms with E-state index in [1.165, 1.54) is 16.0 Å². The summed E-state index contributed by atoms with van der Waals surface area (Å²) in [7, 11) is 0. The lowest BCUT2D eigenvalue weighted by Gasteiger charge is -2.16. The quantitative estimate of drug-likeness (QED) is 0.845. The Balaban J connectivity index is 1.78. The van der Waals surface area contributed by atoms with E-state index in [-0.39, 0.29) is 11.9 Å². The minimum Gasteiger partial charge on any atom is -0.350 e. The van der Waals surface area contributed by atoms with E-state index in [4.69, 9.17) is 0 Å². The lowest BCUT2D eigenvalue weighted by molar-refractivity contribution is -0.121. The van der Waals surface area contributed by atoms with Crippen LogP contribution in [0.5, 0.6) is 0 Å². The predicted octanol–water partition coefficient (Wildman–Crippen LogP) is 4.26. The van der Waals surface area contributed by atoms with Crippen LogP contribution in [0.1, 0.15) is 41.8 Å². The van der Waals surface area contributed by atoms with E-state index in [0.717, 1.165) is 12.8 Å². The molecule has 2 aromatic rings. The third-order valence-electron chi connectivity index (χ3n) is 3.44. The lowest BCUT2D eigenvalue weighted by atomic mass is 10.0. The number of hydrogen-bond donors (Lipinski definition) is 1. The number of thiophene rings is 1. The Labute approximate surface area is 124 Å². The van der Waals surface area contributed by atoms with Crippen LogP contribution in [0.4, 0.5) is 0 Å². The van der Waals surface area contributed by atoms with Gasteiger partial charge in [0.05, 0.1) is 6.04 Å². The van der Waals surface area contributed by atoms with Gasteiger partial charge < -0.3 is 5.32 Å². The summed E-state index contributed by atoms with van der Waals surface area (Å²) < 4.78 is 0. The van der Waals surface area contributed by atoms with E-state index < -0.39 is 0 Å². The van der Waals surface area contributed by atoms with Gasteiger partial charge in [0.2, 0.25) is 5.91 Å². The lowest BCUT2D eigenvalue weighted by Crippen LogP contribution is -2.26. The maximum absolute atomic E-state index is 12.0. The van der Waals surface area contributed by atoms with Gasteiger partial charge in [-0.25, -0.2) is 0 Å². The molecule has 0 aliphatic rings. The van der Waals surface area contributed by atoms with Crippen molar-refractivity contribution in [2.45, 2.75) is 39.2 Å². The monoisotopic (exact) mass is 287 g/mol. The fourth-order valence-corrected chi connectivity index (χ4v) is 3.09. The molecule has 0 fully saturated rings. The van der Waals surface area contributed by atoms with Crippen molar-refractivity contribution < 1.29 is 4.79 Å². The fourth-order valence-electron chi connectivity index (χ4n) is 2.34. The van der Waals surface area contributed by atoms with Gasteiger partial charge in [0.15, 0.2) is 0 Å². The van der Waals surface area contributed by atoms with Gasteiger partial charge in [0, 0.05) is 11.3 Å². The number of rotatable bonds is 6. The Hall–Kier alpha value is -1.61. The molecular formula is C17H21NOS. The van der Waals surface area contributed by atoms with Crippen molar-refractivity contribution in [1.82, 2.24) is 5.32 Å². The normalized spacial score (nSPS) is 12.1. The first-order valence-corrected chi connectivity index (χ1v) is 7.92. The van der Waals surface area contributed by atoms with Crippen molar-refractivity contribution in [3.8, 4) is 0 Å². The molecule has 0 saturated carbocycles. The largest absolute Gasteiger partial charge is 0.350 e. The predicted molar refractivity (Wildman–Crippen MR) is 85.0 cm³/mol. The standard InChI is InChI=1S/C17H21NOS/c1-13-7-3-4-10-16(13)14(2)18-17(19)11-5-8-15-9-6-12-20-15/h3-4,6-7,9-10,12,14H,5,8,11H2,1-2H3,(H,18,19). The second-order valence-corrected chi connectivity index (χ2v) is 6.11. The second kappa shape index (κ2) is 7.25. The minimum atomic E-state index is 0.0745. The molecule has 0 radical (unpaired) electrons. The molecule has 0 spiro atoms. The minimum absolute atomic E-state index is 0.0745. The Kier molecular flexibility index (Phi) is 5.36. The van der Waals surface area contributed by atoms with Crippen LogP contribution < -0.4 is 5.32 Å². The van der Waals surface area contributed by atoms with Gasteiger partial charge in [0.1, 0.15) is 0 Å². The second-order valence-electron chi connectivity index (χ2n) is 5.08. The highest BCUT2D eigenvalue weighted by molar-refractivity contribution is 7.09. The van der Waals surface area contributed by atoms with Crippen molar-refractivity contribution in [3.05, 3.63) is 57.8 Å². The molecule has 3 heteroatoms. The van der Waals surface area contributed by atoms with Crippen molar-refractivity contribution >= 4 is 17.2 Å². The molecule has 1 aromatic carbocycles. The maximum Gasteiger partial charge on any atom is 0.220 e. The summed E-state index contributed by atoms with van der Waals surface area (Å²) in [5.41, 5.74) is 2.41. The van der Waals surface area contributed by atoms with E-state index in [0.29, 0.717) is 6.42 Å². The Morgan fingerprint density at radius 2 is 2.05 bits per heavy atom. The van der Waals surface area contributed by atoms with Crippen LogP contribution in [0.3, 0.4) is 0 Å². The van der Waals surface area contributed by atoms with E-state index in [1.807, 2.05) is 19.1 Å². The molecule has 1 aromatic heterocycles. The molecule has 2 rings (SSSR count). The van der Waals surface area contributed by atoms with Gasteiger partial charge >= 0.3 is 0 Å². The number of hydrogen-bond acceptors (Lipinski definition) is 2. The summed E-state index contributed by atoms with van der Waals surface area (Å²) in [6, 6.07) is 12.4. The van der Waals surface area contributed by atoms with Gasteiger partial charge in [0.25, 0.3) is 0 Å². The van der Waals surface area contributed by atoms with Crippen LogP contribution in [-0.2, 0) is 11.2 Å². The van der Waals surface area contributed by atoms with Gasteiger partial charge in [-0.1, -0.05) is 30.3 Å². The van der Waals surface area contributed by atoms with Gasteiger partial charge in [-0.2, -0.15) is 0 Å².